The van der Waals surface area contributed by atoms with Crippen molar-refractivity contribution in [2.45, 2.75) is 0 Å². The van der Waals surface area contributed by atoms with Crippen LogP contribution in [0.15, 0.2) is 30.7 Å². The third-order valence-corrected chi connectivity index (χ3v) is 2.58. The Morgan fingerprint density at radius 3 is 2.75 bits per heavy atom. The molecule has 0 saturated heterocycles. The van der Waals surface area contributed by atoms with Gasteiger partial charge in [-0.25, -0.2) is 4.98 Å². The number of ether oxygens (including phenoxy) is 1. The Labute approximate surface area is 94.9 Å². The summed E-state index contributed by atoms with van der Waals surface area (Å²) in [5.41, 5.74) is 3.17. The SMILES string of the molecule is CNc1cc(-c2cncn2C)ccc1OC. The number of methoxy groups -OCH3 is 1. The van der Waals surface area contributed by atoms with Gasteiger partial charge in [-0.05, 0) is 18.2 Å². The second kappa shape index (κ2) is 4.26. The molecule has 1 aromatic heterocycles. The molecule has 1 N–H and O–H groups in total. The maximum atomic E-state index is 5.25. The Morgan fingerprint density at radius 1 is 1.38 bits per heavy atom. The average molecular weight is 217 g/mol. The Balaban J connectivity index is 2.48. The lowest BCUT2D eigenvalue weighted by atomic mass is 10.1. The summed E-state index contributed by atoms with van der Waals surface area (Å²) in [7, 11) is 5.52. The van der Waals surface area contributed by atoms with Crippen molar-refractivity contribution in [1.29, 1.82) is 0 Å². The first-order valence-electron chi connectivity index (χ1n) is 5.08. The van der Waals surface area contributed by atoms with E-state index in [0.717, 1.165) is 22.7 Å². The van der Waals surface area contributed by atoms with Crippen LogP contribution in [0.5, 0.6) is 5.75 Å². The number of hydrogen-bond acceptors (Lipinski definition) is 3. The van der Waals surface area contributed by atoms with Crippen LogP contribution in [0.1, 0.15) is 0 Å². The molecule has 4 nitrogen and oxygen atoms in total. The van der Waals surface area contributed by atoms with Gasteiger partial charge in [0.1, 0.15) is 5.75 Å². The van der Waals surface area contributed by atoms with Crippen LogP contribution in [-0.4, -0.2) is 23.7 Å². The van der Waals surface area contributed by atoms with E-state index in [1.807, 2.05) is 37.0 Å². The van der Waals surface area contributed by atoms with Crippen molar-refractivity contribution in [3.05, 3.63) is 30.7 Å². The topological polar surface area (TPSA) is 39.1 Å². The summed E-state index contributed by atoms with van der Waals surface area (Å²) in [6, 6.07) is 6.03. The zero-order valence-electron chi connectivity index (χ0n) is 9.69. The first-order valence-corrected chi connectivity index (χ1v) is 5.08. The normalized spacial score (nSPS) is 10.2. The van der Waals surface area contributed by atoms with Crippen molar-refractivity contribution in [2.75, 3.05) is 19.5 Å². The Kier molecular flexibility index (Phi) is 2.81. The lowest BCUT2D eigenvalue weighted by Gasteiger charge is -2.10. The molecule has 0 spiro atoms. The molecule has 0 fully saturated rings. The van der Waals surface area contributed by atoms with Crippen LogP contribution >= 0.6 is 0 Å². The van der Waals surface area contributed by atoms with Gasteiger partial charge in [0.2, 0.25) is 0 Å². The van der Waals surface area contributed by atoms with Gasteiger partial charge in [-0.3, -0.25) is 0 Å². The van der Waals surface area contributed by atoms with E-state index in [-0.39, 0.29) is 0 Å². The molecule has 1 aromatic carbocycles. The highest BCUT2D eigenvalue weighted by atomic mass is 16.5. The van der Waals surface area contributed by atoms with Gasteiger partial charge in [0, 0.05) is 19.7 Å². The molecular weight excluding hydrogens is 202 g/mol. The minimum Gasteiger partial charge on any atom is -0.495 e. The van der Waals surface area contributed by atoms with E-state index >= 15 is 0 Å². The summed E-state index contributed by atoms with van der Waals surface area (Å²) in [5.74, 6) is 0.841. The van der Waals surface area contributed by atoms with E-state index < -0.39 is 0 Å². The van der Waals surface area contributed by atoms with Gasteiger partial charge in [-0.1, -0.05) is 0 Å². The number of imidazole rings is 1. The van der Waals surface area contributed by atoms with E-state index in [1.54, 1.807) is 13.4 Å². The third kappa shape index (κ3) is 1.74. The van der Waals surface area contributed by atoms with Crippen LogP contribution in [0.3, 0.4) is 0 Å². The Hall–Kier alpha value is -1.97. The molecule has 4 heteroatoms. The predicted octanol–water partition coefficient (Wildman–Crippen LogP) is 2.14. The highest BCUT2D eigenvalue weighted by Crippen LogP contribution is 2.29. The zero-order chi connectivity index (χ0) is 11.5. The standard InChI is InChI=1S/C12H15N3O/c1-13-10-6-9(4-5-12(10)16-3)11-7-14-8-15(11)2/h4-8,13H,1-3H3. The smallest absolute Gasteiger partial charge is 0.141 e. The number of benzene rings is 1. The molecule has 0 aliphatic carbocycles. The van der Waals surface area contributed by atoms with E-state index in [9.17, 15) is 0 Å². The Morgan fingerprint density at radius 2 is 2.19 bits per heavy atom. The molecule has 0 radical (unpaired) electrons. The molecular formula is C12H15N3O. The fourth-order valence-electron chi connectivity index (χ4n) is 1.70. The number of nitrogens with one attached hydrogen (secondary N) is 1. The van der Waals surface area contributed by atoms with Gasteiger partial charge in [0.05, 0.1) is 31.0 Å². The molecule has 2 aromatic rings. The van der Waals surface area contributed by atoms with Crippen LogP contribution in [-0.2, 0) is 7.05 Å². The number of nitrogens with zero attached hydrogens (tertiary/aromatic N) is 2. The molecule has 0 saturated carbocycles. The molecule has 0 amide bonds. The molecule has 16 heavy (non-hydrogen) atoms. The van der Waals surface area contributed by atoms with E-state index in [1.165, 1.54) is 0 Å². The quantitative estimate of drug-likeness (QED) is 0.856. The average Bonchev–Trinajstić information content (AvgIpc) is 2.74. The number of hydrogen-bond donors (Lipinski definition) is 1. The molecule has 1 heterocycles. The van der Waals surface area contributed by atoms with Gasteiger partial charge < -0.3 is 14.6 Å². The van der Waals surface area contributed by atoms with E-state index in [2.05, 4.69) is 16.4 Å². The largest absolute Gasteiger partial charge is 0.495 e. The summed E-state index contributed by atoms with van der Waals surface area (Å²) >= 11 is 0. The number of aryl methyl sites for hydroxylation is 1. The second-order valence-corrected chi connectivity index (χ2v) is 3.55. The summed E-state index contributed by atoms with van der Waals surface area (Å²) in [5, 5.41) is 3.11. The van der Waals surface area contributed by atoms with Gasteiger partial charge in [-0.15, -0.1) is 0 Å². The maximum Gasteiger partial charge on any atom is 0.141 e. The molecule has 0 aliphatic heterocycles. The third-order valence-electron chi connectivity index (χ3n) is 2.58. The Bertz CT molecular complexity index is 491. The van der Waals surface area contributed by atoms with Crippen molar-refractivity contribution >= 4 is 5.69 Å². The fourth-order valence-corrected chi connectivity index (χ4v) is 1.70. The number of aromatic nitrogens is 2. The van der Waals surface area contributed by atoms with Crippen LogP contribution in [0, 0.1) is 0 Å². The molecule has 84 valence electrons. The van der Waals surface area contributed by atoms with Crippen molar-refractivity contribution in [3.8, 4) is 17.0 Å². The lowest BCUT2D eigenvalue weighted by Crippen LogP contribution is -1.95. The van der Waals surface area contributed by atoms with Crippen LogP contribution < -0.4 is 10.1 Å². The van der Waals surface area contributed by atoms with Crippen LogP contribution in [0.2, 0.25) is 0 Å². The first-order chi connectivity index (χ1) is 7.76. The van der Waals surface area contributed by atoms with Gasteiger partial charge in [0.25, 0.3) is 0 Å². The highest BCUT2D eigenvalue weighted by molar-refractivity contribution is 5.69. The number of anilines is 1. The maximum absolute atomic E-state index is 5.25. The van der Waals surface area contributed by atoms with Crippen molar-refractivity contribution in [1.82, 2.24) is 9.55 Å². The van der Waals surface area contributed by atoms with E-state index in [4.69, 9.17) is 4.74 Å². The molecule has 0 unspecified atom stereocenters. The molecule has 0 atom stereocenters. The van der Waals surface area contributed by atoms with Crippen molar-refractivity contribution in [3.63, 3.8) is 0 Å². The summed E-state index contributed by atoms with van der Waals surface area (Å²) in [4.78, 5) is 4.11. The van der Waals surface area contributed by atoms with Crippen molar-refractivity contribution in [2.24, 2.45) is 7.05 Å². The predicted molar refractivity (Wildman–Crippen MR) is 64.7 cm³/mol. The molecule has 0 aliphatic rings. The van der Waals surface area contributed by atoms with Crippen LogP contribution in [0.25, 0.3) is 11.3 Å². The number of rotatable bonds is 3. The fraction of sp³-hybridized carbons (Fsp3) is 0.250. The zero-order valence-corrected chi connectivity index (χ0v) is 9.69. The minimum absolute atomic E-state index is 0.841. The van der Waals surface area contributed by atoms with Gasteiger partial charge >= 0.3 is 0 Å². The highest BCUT2D eigenvalue weighted by Gasteiger charge is 2.06. The molecule has 0 bridgehead atoms. The van der Waals surface area contributed by atoms with Gasteiger partial charge in [0.15, 0.2) is 0 Å². The first kappa shape index (κ1) is 10.5. The lowest BCUT2D eigenvalue weighted by molar-refractivity contribution is 0.416. The van der Waals surface area contributed by atoms with Crippen LogP contribution in [0.4, 0.5) is 5.69 Å². The van der Waals surface area contributed by atoms with Gasteiger partial charge in [-0.2, -0.15) is 0 Å². The molecule has 2 rings (SSSR count). The summed E-state index contributed by atoms with van der Waals surface area (Å²) in [6.07, 6.45) is 3.64. The monoisotopic (exact) mass is 217 g/mol. The second-order valence-electron chi connectivity index (χ2n) is 3.55. The summed E-state index contributed by atoms with van der Waals surface area (Å²) in [6.45, 7) is 0. The van der Waals surface area contributed by atoms with Crippen molar-refractivity contribution < 1.29 is 4.74 Å². The van der Waals surface area contributed by atoms with E-state index in [0.29, 0.717) is 0 Å². The summed E-state index contributed by atoms with van der Waals surface area (Å²) < 4.78 is 7.24. The minimum atomic E-state index is 0.841.